The zero-order valence-corrected chi connectivity index (χ0v) is 15.4. The van der Waals surface area contributed by atoms with Crippen molar-refractivity contribution in [2.24, 2.45) is 0 Å². The van der Waals surface area contributed by atoms with Crippen LogP contribution in [0.3, 0.4) is 0 Å². The number of carbonyl (C=O) groups excluding carboxylic acids is 1. The van der Waals surface area contributed by atoms with Crippen LogP contribution in [-0.2, 0) is 13.1 Å². The maximum absolute atomic E-state index is 12.3. The lowest BCUT2D eigenvalue weighted by molar-refractivity contribution is 0.104. The highest BCUT2D eigenvalue weighted by atomic mass is 16.3. The van der Waals surface area contributed by atoms with Crippen molar-refractivity contribution in [3.63, 3.8) is 0 Å². The monoisotopic (exact) mass is 338 g/mol. The Kier molecular flexibility index (Phi) is 6.51. The second-order valence-corrected chi connectivity index (χ2v) is 6.73. The second-order valence-electron chi connectivity index (χ2n) is 6.73. The Labute approximate surface area is 150 Å². The number of allylic oxidation sites excluding steroid dienone is 1. The summed E-state index contributed by atoms with van der Waals surface area (Å²) in [5.41, 5.74) is 3.29. The summed E-state index contributed by atoms with van der Waals surface area (Å²) in [5, 5.41) is 10.5. The van der Waals surface area contributed by atoms with E-state index in [9.17, 15) is 9.90 Å². The van der Waals surface area contributed by atoms with Gasteiger partial charge >= 0.3 is 0 Å². The largest absolute Gasteiger partial charge is 0.507 e. The van der Waals surface area contributed by atoms with Crippen LogP contribution in [0.1, 0.15) is 27.0 Å². The second kappa shape index (κ2) is 8.60. The van der Waals surface area contributed by atoms with E-state index in [1.807, 2.05) is 74.4 Å². The van der Waals surface area contributed by atoms with Gasteiger partial charge in [0.1, 0.15) is 5.75 Å². The van der Waals surface area contributed by atoms with Gasteiger partial charge in [0.25, 0.3) is 0 Å². The normalized spacial score (nSPS) is 11.6. The quantitative estimate of drug-likeness (QED) is 0.621. The van der Waals surface area contributed by atoms with Crippen molar-refractivity contribution >= 4 is 11.9 Å². The molecule has 0 bridgehead atoms. The van der Waals surface area contributed by atoms with Crippen molar-refractivity contribution in [2.75, 3.05) is 28.2 Å². The number of ketones is 1. The molecular weight excluding hydrogens is 312 g/mol. The van der Waals surface area contributed by atoms with Gasteiger partial charge in [-0.3, -0.25) is 4.79 Å². The van der Waals surface area contributed by atoms with Gasteiger partial charge in [0.2, 0.25) is 0 Å². The number of phenols is 1. The first kappa shape index (κ1) is 18.9. The molecule has 4 nitrogen and oxygen atoms in total. The summed E-state index contributed by atoms with van der Waals surface area (Å²) < 4.78 is 0. The van der Waals surface area contributed by atoms with E-state index in [4.69, 9.17) is 0 Å². The summed E-state index contributed by atoms with van der Waals surface area (Å²) in [6.45, 7) is 1.28. The molecule has 0 aromatic heterocycles. The van der Waals surface area contributed by atoms with Crippen LogP contribution in [0, 0.1) is 0 Å². The van der Waals surface area contributed by atoms with Crippen LogP contribution in [0.5, 0.6) is 5.75 Å². The van der Waals surface area contributed by atoms with Crippen molar-refractivity contribution < 1.29 is 9.90 Å². The fraction of sp³-hybridized carbons (Fsp3) is 0.286. The standard InChI is InChI=1S/C21H26N2O2/c1-22(2)14-18-12-16(13-19(21(18)25)15-23(3)4)10-11-20(24)17-8-6-5-7-9-17/h5-13,25H,14-15H2,1-4H3/b11-10+. The molecule has 132 valence electrons. The maximum Gasteiger partial charge on any atom is 0.185 e. The molecule has 4 heteroatoms. The number of carbonyl (C=O) groups is 1. The molecule has 0 saturated heterocycles. The molecular formula is C21H26N2O2. The summed E-state index contributed by atoms with van der Waals surface area (Å²) in [6.07, 6.45) is 3.40. The minimum atomic E-state index is -0.0306. The predicted molar refractivity (Wildman–Crippen MR) is 103 cm³/mol. The van der Waals surface area contributed by atoms with Gasteiger partial charge in [-0.1, -0.05) is 36.4 Å². The highest BCUT2D eigenvalue weighted by Gasteiger charge is 2.11. The summed E-state index contributed by atoms with van der Waals surface area (Å²) in [6, 6.07) is 13.1. The third kappa shape index (κ3) is 5.55. The third-order valence-electron chi connectivity index (χ3n) is 3.75. The Morgan fingerprint density at radius 1 is 0.960 bits per heavy atom. The van der Waals surface area contributed by atoms with Crippen LogP contribution in [-0.4, -0.2) is 48.9 Å². The number of hydrogen-bond acceptors (Lipinski definition) is 4. The van der Waals surface area contributed by atoms with Gasteiger partial charge in [-0.25, -0.2) is 0 Å². The molecule has 0 heterocycles. The Morgan fingerprint density at radius 3 is 1.96 bits per heavy atom. The maximum atomic E-state index is 12.3. The topological polar surface area (TPSA) is 43.8 Å². The minimum Gasteiger partial charge on any atom is -0.507 e. The molecule has 0 atom stereocenters. The average molecular weight is 338 g/mol. The number of aromatic hydroxyl groups is 1. The molecule has 0 amide bonds. The van der Waals surface area contributed by atoms with Crippen LogP contribution >= 0.6 is 0 Å². The molecule has 0 aliphatic heterocycles. The molecule has 0 aliphatic carbocycles. The van der Waals surface area contributed by atoms with Gasteiger partial charge in [0.05, 0.1) is 0 Å². The van der Waals surface area contributed by atoms with E-state index < -0.39 is 0 Å². The predicted octanol–water partition coefficient (Wildman–Crippen LogP) is 3.41. The molecule has 0 saturated carbocycles. The molecule has 25 heavy (non-hydrogen) atoms. The fourth-order valence-corrected chi connectivity index (χ4v) is 2.68. The summed E-state index contributed by atoms with van der Waals surface area (Å²) in [4.78, 5) is 16.3. The Morgan fingerprint density at radius 2 is 1.48 bits per heavy atom. The number of hydrogen-bond donors (Lipinski definition) is 1. The molecule has 0 radical (unpaired) electrons. The Balaban J connectivity index is 2.32. The van der Waals surface area contributed by atoms with Crippen molar-refractivity contribution in [1.82, 2.24) is 9.80 Å². The first-order valence-electron chi connectivity index (χ1n) is 8.28. The molecule has 2 aromatic rings. The first-order valence-corrected chi connectivity index (χ1v) is 8.28. The zero-order valence-electron chi connectivity index (χ0n) is 15.4. The van der Waals surface area contributed by atoms with Gasteiger partial charge < -0.3 is 14.9 Å². The SMILES string of the molecule is CN(C)Cc1cc(/C=C/C(=O)c2ccccc2)cc(CN(C)C)c1O. The highest BCUT2D eigenvalue weighted by Crippen LogP contribution is 2.27. The van der Waals surface area contributed by atoms with E-state index in [0.29, 0.717) is 24.4 Å². The zero-order chi connectivity index (χ0) is 18.4. The van der Waals surface area contributed by atoms with Gasteiger partial charge in [-0.15, -0.1) is 0 Å². The molecule has 2 aromatic carbocycles. The van der Waals surface area contributed by atoms with E-state index >= 15 is 0 Å². The number of rotatable bonds is 7. The first-order chi connectivity index (χ1) is 11.9. The van der Waals surface area contributed by atoms with Crippen molar-refractivity contribution in [1.29, 1.82) is 0 Å². The minimum absolute atomic E-state index is 0.0306. The fourth-order valence-electron chi connectivity index (χ4n) is 2.68. The summed E-state index contributed by atoms with van der Waals surface area (Å²) in [5.74, 6) is 0.297. The number of nitrogens with zero attached hydrogens (tertiary/aromatic N) is 2. The molecule has 2 rings (SSSR count). The molecule has 1 N–H and O–H groups in total. The van der Waals surface area contributed by atoms with Crippen LogP contribution < -0.4 is 0 Å². The number of phenolic OH excluding ortho intramolecular Hbond substituents is 1. The van der Waals surface area contributed by atoms with E-state index in [1.54, 1.807) is 18.2 Å². The van der Waals surface area contributed by atoms with Crippen LogP contribution in [0.4, 0.5) is 0 Å². The van der Waals surface area contributed by atoms with Crippen LogP contribution in [0.2, 0.25) is 0 Å². The van der Waals surface area contributed by atoms with E-state index in [0.717, 1.165) is 16.7 Å². The average Bonchev–Trinajstić information content (AvgIpc) is 2.56. The molecule has 0 fully saturated rings. The molecule has 0 spiro atoms. The van der Waals surface area contributed by atoms with E-state index in [1.165, 1.54) is 0 Å². The molecule has 0 aliphatic rings. The highest BCUT2D eigenvalue weighted by molar-refractivity contribution is 6.06. The van der Waals surface area contributed by atoms with E-state index in [-0.39, 0.29) is 5.78 Å². The van der Waals surface area contributed by atoms with Gasteiger partial charge in [-0.05, 0) is 52.0 Å². The van der Waals surface area contributed by atoms with Crippen molar-refractivity contribution in [3.8, 4) is 5.75 Å². The third-order valence-corrected chi connectivity index (χ3v) is 3.75. The molecule has 0 unspecified atom stereocenters. The summed E-state index contributed by atoms with van der Waals surface area (Å²) >= 11 is 0. The summed E-state index contributed by atoms with van der Waals surface area (Å²) in [7, 11) is 7.86. The van der Waals surface area contributed by atoms with Crippen molar-refractivity contribution in [2.45, 2.75) is 13.1 Å². The Bertz CT molecular complexity index is 719. The van der Waals surface area contributed by atoms with Gasteiger partial charge in [0, 0.05) is 29.8 Å². The lowest BCUT2D eigenvalue weighted by Gasteiger charge is -2.17. The lowest BCUT2D eigenvalue weighted by Crippen LogP contribution is -2.14. The van der Waals surface area contributed by atoms with Crippen LogP contribution in [0.15, 0.2) is 48.5 Å². The van der Waals surface area contributed by atoms with Crippen molar-refractivity contribution in [3.05, 3.63) is 70.8 Å². The smallest absolute Gasteiger partial charge is 0.185 e. The number of benzene rings is 2. The van der Waals surface area contributed by atoms with Crippen LogP contribution in [0.25, 0.3) is 6.08 Å². The van der Waals surface area contributed by atoms with Gasteiger partial charge in [-0.2, -0.15) is 0 Å². The Hall–Kier alpha value is -2.43. The van der Waals surface area contributed by atoms with E-state index in [2.05, 4.69) is 0 Å². The van der Waals surface area contributed by atoms with Gasteiger partial charge in [0.15, 0.2) is 5.78 Å². The lowest BCUT2D eigenvalue weighted by atomic mass is 10.0.